The van der Waals surface area contributed by atoms with Gasteiger partial charge in [0.25, 0.3) is 0 Å². The molecule has 0 radical (unpaired) electrons. The highest BCUT2D eigenvalue weighted by Gasteiger charge is 2.63. The van der Waals surface area contributed by atoms with Gasteiger partial charge in [-0.1, -0.05) is 5.16 Å². The van der Waals surface area contributed by atoms with Crippen LogP contribution in [0, 0.1) is 5.41 Å². The highest BCUT2D eigenvalue weighted by atomic mass is 19.4. The number of nitrogens with zero attached hydrogens (tertiary/aromatic N) is 3. The van der Waals surface area contributed by atoms with E-state index in [4.69, 9.17) is 4.52 Å². The molecule has 8 heteroatoms. The first-order valence-corrected chi connectivity index (χ1v) is 6.02. The van der Waals surface area contributed by atoms with E-state index in [0.29, 0.717) is 19.0 Å². The first-order valence-electron chi connectivity index (χ1n) is 6.02. The topological polar surface area (TPSA) is 59.2 Å². The van der Waals surface area contributed by atoms with Crippen LogP contribution in [-0.4, -0.2) is 40.7 Å². The molecule has 1 saturated carbocycles. The van der Waals surface area contributed by atoms with Gasteiger partial charge in [-0.25, -0.2) is 0 Å². The average molecular weight is 275 g/mol. The van der Waals surface area contributed by atoms with Gasteiger partial charge in [-0.15, -0.1) is 0 Å². The second-order valence-electron chi connectivity index (χ2n) is 5.26. The molecule has 1 aromatic heterocycles. The molecule has 2 fully saturated rings. The molecule has 0 N–H and O–H groups in total. The molecule has 3 rings (SSSR count). The fraction of sp³-hybridized carbons (Fsp3) is 0.727. The molecule has 0 aromatic carbocycles. The van der Waals surface area contributed by atoms with Crippen molar-refractivity contribution in [3.8, 4) is 0 Å². The van der Waals surface area contributed by atoms with Gasteiger partial charge in [0, 0.05) is 19.5 Å². The lowest BCUT2D eigenvalue weighted by Gasteiger charge is -2.33. The molecule has 1 aliphatic heterocycles. The van der Waals surface area contributed by atoms with E-state index in [1.807, 2.05) is 0 Å². The Morgan fingerprint density at radius 3 is 2.63 bits per heavy atom. The van der Waals surface area contributed by atoms with Gasteiger partial charge < -0.3 is 9.42 Å². The first kappa shape index (κ1) is 12.4. The van der Waals surface area contributed by atoms with Crippen LogP contribution in [0.15, 0.2) is 4.52 Å². The van der Waals surface area contributed by atoms with Crippen molar-refractivity contribution in [3.63, 3.8) is 0 Å². The second kappa shape index (κ2) is 3.94. The Balaban J connectivity index is 1.65. The number of alkyl halides is 3. The second-order valence-corrected chi connectivity index (χ2v) is 5.26. The molecule has 1 saturated heterocycles. The largest absolute Gasteiger partial charge is 0.394 e. The Labute approximate surface area is 106 Å². The van der Waals surface area contributed by atoms with Crippen LogP contribution in [0.2, 0.25) is 0 Å². The molecule has 0 atom stereocenters. The Morgan fingerprint density at radius 1 is 1.42 bits per heavy atom. The zero-order valence-corrected chi connectivity index (χ0v) is 9.98. The van der Waals surface area contributed by atoms with Crippen LogP contribution >= 0.6 is 0 Å². The number of hydrogen-bond acceptors (Lipinski definition) is 4. The highest BCUT2D eigenvalue weighted by Crippen LogP contribution is 2.59. The summed E-state index contributed by atoms with van der Waals surface area (Å²) in [6.07, 6.45) is -3.45. The van der Waals surface area contributed by atoms with E-state index in [9.17, 15) is 18.0 Å². The fourth-order valence-electron chi connectivity index (χ4n) is 2.27. The molecule has 19 heavy (non-hydrogen) atoms. The van der Waals surface area contributed by atoms with Crippen LogP contribution < -0.4 is 0 Å². The summed E-state index contributed by atoms with van der Waals surface area (Å²) < 4.78 is 43.3. The van der Waals surface area contributed by atoms with Crippen LogP contribution in [0.5, 0.6) is 0 Å². The predicted octanol–water partition coefficient (Wildman–Crippen LogP) is 1.51. The van der Waals surface area contributed by atoms with Gasteiger partial charge >= 0.3 is 6.18 Å². The summed E-state index contributed by atoms with van der Waals surface area (Å²) in [5.41, 5.74) is -1.65. The number of halogens is 3. The molecule has 2 aliphatic rings. The van der Waals surface area contributed by atoms with E-state index in [2.05, 4.69) is 10.1 Å². The molecule has 1 aromatic rings. The first-order chi connectivity index (χ1) is 8.93. The highest BCUT2D eigenvalue weighted by molar-refractivity contribution is 5.49. The van der Waals surface area contributed by atoms with E-state index in [1.165, 1.54) is 4.90 Å². The molecular formula is C11H12F3N3O2. The van der Waals surface area contributed by atoms with Gasteiger partial charge in [-0.2, -0.15) is 18.2 Å². The minimum atomic E-state index is -4.21. The number of carbonyl (C=O) groups is 1. The Morgan fingerprint density at radius 2 is 2.11 bits per heavy atom. The molecule has 0 bridgehead atoms. The van der Waals surface area contributed by atoms with Crippen LogP contribution in [0.4, 0.5) is 13.2 Å². The zero-order chi connectivity index (χ0) is 13.7. The third-order valence-electron chi connectivity index (χ3n) is 3.84. The third-order valence-corrected chi connectivity index (χ3v) is 3.84. The summed E-state index contributed by atoms with van der Waals surface area (Å²) >= 11 is 0. The zero-order valence-electron chi connectivity index (χ0n) is 9.98. The van der Waals surface area contributed by atoms with E-state index < -0.39 is 11.6 Å². The number of hydrogen-bond donors (Lipinski definition) is 0. The smallest absolute Gasteiger partial charge is 0.344 e. The molecule has 104 valence electrons. The number of aromatic nitrogens is 2. The van der Waals surface area contributed by atoms with Crippen LogP contribution in [-0.2, 0) is 11.2 Å². The van der Waals surface area contributed by atoms with Gasteiger partial charge in [0.15, 0.2) is 5.82 Å². The summed E-state index contributed by atoms with van der Waals surface area (Å²) in [4.78, 5) is 16.0. The molecular weight excluding hydrogens is 263 g/mol. The van der Waals surface area contributed by atoms with Gasteiger partial charge in [0.2, 0.25) is 12.3 Å². The number of carbonyl (C=O) groups excluding carboxylic acids is 1. The van der Waals surface area contributed by atoms with Crippen LogP contribution in [0.1, 0.15) is 30.5 Å². The Bertz CT molecular complexity index is 490. The van der Waals surface area contributed by atoms with Crippen molar-refractivity contribution in [2.24, 2.45) is 5.41 Å². The van der Waals surface area contributed by atoms with Crippen molar-refractivity contribution >= 4 is 6.41 Å². The summed E-state index contributed by atoms with van der Waals surface area (Å²) in [6.45, 7) is 0.963. The maximum atomic E-state index is 12.8. The Kier molecular flexibility index (Phi) is 2.58. The fourth-order valence-corrected chi connectivity index (χ4v) is 2.27. The van der Waals surface area contributed by atoms with Crippen molar-refractivity contribution in [2.75, 3.05) is 13.1 Å². The summed E-state index contributed by atoms with van der Waals surface area (Å²) in [5.74, 6) is 0.382. The SMILES string of the molecule is O=CN1CC(c2nc(CC3(C(F)(F)F)CC3)no2)C1. The third kappa shape index (κ3) is 2.08. The van der Waals surface area contributed by atoms with Crippen molar-refractivity contribution in [3.05, 3.63) is 11.7 Å². The summed E-state index contributed by atoms with van der Waals surface area (Å²) in [5, 5.41) is 3.62. The average Bonchev–Trinajstić information content (AvgIpc) is 2.91. The van der Waals surface area contributed by atoms with Gasteiger partial charge in [0.1, 0.15) is 0 Å². The normalized spacial score (nSPS) is 22.2. The monoisotopic (exact) mass is 275 g/mol. The van der Waals surface area contributed by atoms with Gasteiger partial charge in [-0.3, -0.25) is 4.79 Å². The lowest BCUT2D eigenvalue weighted by Crippen LogP contribution is -2.43. The van der Waals surface area contributed by atoms with E-state index in [-0.39, 0.29) is 31.0 Å². The maximum absolute atomic E-state index is 12.8. The molecule has 0 unspecified atom stereocenters. The van der Waals surface area contributed by atoms with Crippen molar-refractivity contribution < 1.29 is 22.5 Å². The Hall–Kier alpha value is -1.60. The van der Waals surface area contributed by atoms with Gasteiger partial charge in [0.05, 0.1) is 11.3 Å². The van der Waals surface area contributed by atoms with Crippen molar-refractivity contribution in [2.45, 2.75) is 31.4 Å². The van der Waals surface area contributed by atoms with Crippen molar-refractivity contribution in [1.82, 2.24) is 15.0 Å². The summed E-state index contributed by atoms with van der Waals surface area (Å²) in [6, 6.07) is 0. The lowest BCUT2D eigenvalue weighted by molar-refractivity contribution is -0.187. The van der Waals surface area contributed by atoms with Gasteiger partial charge in [-0.05, 0) is 12.8 Å². The minimum absolute atomic E-state index is 0.0486. The van der Waals surface area contributed by atoms with Crippen molar-refractivity contribution in [1.29, 1.82) is 0 Å². The van der Waals surface area contributed by atoms with E-state index in [0.717, 1.165) is 6.41 Å². The standard InChI is InChI=1S/C11H12F3N3O2/c12-11(13,14)10(1-2-10)3-8-15-9(19-16-8)7-4-17(5-7)6-18/h6-7H,1-5H2. The number of amides is 1. The quantitative estimate of drug-likeness (QED) is 0.781. The number of rotatable bonds is 4. The van der Waals surface area contributed by atoms with Crippen LogP contribution in [0.25, 0.3) is 0 Å². The molecule has 0 spiro atoms. The minimum Gasteiger partial charge on any atom is -0.344 e. The molecule has 1 amide bonds. The summed E-state index contributed by atoms with van der Waals surface area (Å²) in [7, 11) is 0. The van der Waals surface area contributed by atoms with Crippen LogP contribution in [0.3, 0.4) is 0 Å². The number of likely N-dealkylation sites (tertiary alicyclic amines) is 1. The molecule has 5 nitrogen and oxygen atoms in total. The molecule has 1 aliphatic carbocycles. The molecule has 2 heterocycles. The predicted molar refractivity (Wildman–Crippen MR) is 56.1 cm³/mol. The lowest BCUT2D eigenvalue weighted by atomic mass is 10.0. The van der Waals surface area contributed by atoms with E-state index in [1.54, 1.807) is 0 Å². The van der Waals surface area contributed by atoms with E-state index >= 15 is 0 Å². The maximum Gasteiger partial charge on any atom is 0.394 e.